The van der Waals surface area contributed by atoms with E-state index in [0.29, 0.717) is 10.8 Å². The second kappa shape index (κ2) is 7.13. The first-order valence-electron chi connectivity index (χ1n) is 6.62. The third-order valence-corrected chi connectivity index (χ3v) is 6.49. The van der Waals surface area contributed by atoms with E-state index in [1.165, 1.54) is 15.6 Å². The molecule has 2 rings (SSSR count). The molecular weight excluding hydrogens is 306 g/mol. The molecule has 0 saturated heterocycles. The summed E-state index contributed by atoms with van der Waals surface area (Å²) in [4.78, 5) is 5.00. The van der Waals surface area contributed by atoms with Crippen molar-refractivity contribution in [3.05, 3.63) is 47.1 Å². The fourth-order valence-corrected chi connectivity index (χ4v) is 4.59. The Morgan fingerprint density at radius 2 is 1.95 bits per heavy atom. The number of hydrogen-bond acceptors (Lipinski definition) is 5. The lowest BCUT2D eigenvalue weighted by Crippen LogP contribution is -2.25. The first-order valence-corrected chi connectivity index (χ1v) is 8.88. The normalized spacial score (nSPS) is 12.0. The molecule has 0 aliphatic rings. The van der Waals surface area contributed by atoms with Crippen LogP contribution in [0.3, 0.4) is 0 Å². The number of pyridine rings is 1. The van der Waals surface area contributed by atoms with Crippen LogP contribution in [-0.2, 0) is 23.0 Å². The van der Waals surface area contributed by atoms with Gasteiger partial charge in [0, 0.05) is 30.9 Å². The Balaban J connectivity index is 2.11. The molecule has 0 bridgehead atoms. The third-order valence-electron chi connectivity index (χ3n) is 3.08. The van der Waals surface area contributed by atoms with Gasteiger partial charge in [0.05, 0.1) is 0 Å². The summed E-state index contributed by atoms with van der Waals surface area (Å²) in [6, 6.07) is 7.21. The van der Waals surface area contributed by atoms with Gasteiger partial charge in [-0.1, -0.05) is 0 Å². The van der Waals surface area contributed by atoms with Gasteiger partial charge in [0.2, 0.25) is 0 Å². The number of rotatable bonds is 7. The lowest BCUT2D eigenvalue weighted by atomic mass is 10.3. The predicted octanol–water partition coefficient (Wildman–Crippen LogP) is 1.73. The van der Waals surface area contributed by atoms with Crippen molar-refractivity contribution in [2.75, 3.05) is 20.6 Å². The van der Waals surface area contributed by atoms with Crippen LogP contribution in [0.1, 0.15) is 10.4 Å². The summed E-state index contributed by atoms with van der Waals surface area (Å²) in [5.41, 5.74) is 0.919. The summed E-state index contributed by atoms with van der Waals surface area (Å²) in [5, 5.41) is 3.06. The number of nitrogens with one attached hydrogen (secondary N) is 1. The highest BCUT2D eigenvalue weighted by Gasteiger charge is 2.22. The summed E-state index contributed by atoms with van der Waals surface area (Å²) in [6.07, 6.45) is 4.17. The fourth-order valence-electron chi connectivity index (χ4n) is 1.86. The average molecular weight is 325 g/mol. The van der Waals surface area contributed by atoms with Crippen molar-refractivity contribution in [1.82, 2.24) is 14.6 Å². The largest absolute Gasteiger partial charge is 0.319 e. The van der Waals surface area contributed by atoms with Crippen LogP contribution < -0.4 is 5.32 Å². The Bertz CT molecular complexity index is 669. The summed E-state index contributed by atoms with van der Waals surface area (Å²) < 4.78 is 26.8. The molecule has 0 aromatic carbocycles. The first kappa shape index (κ1) is 16.1. The Labute approximate surface area is 129 Å². The van der Waals surface area contributed by atoms with E-state index in [0.717, 1.165) is 23.4 Å². The monoisotopic (exact) mass is 325 g/mol. The quantitative estimate of drug-likeness (QED) is 0.842. The number of aromatic nitrogens is 1. The van der Waals surface area contributed by atoms with E-state index in [-0.39, 0.29) is 0 Å². The zero-order valence-corrected chi connectivity index (χ0v) is 13.7. The lowest BCUT2D eigenvalue weighted by molar-refractivity contribution is 0.468. The molecule has 2 heterocycles. The van der Waals surface area contributed by atoms with Gasteiger partial charge < -0.3 is 5.32 Å². The Kier molecular flexibility index (Phi) is 5.46. The topological polar surface area (TPSA) is 62.3 Å². The maximum Gasteiger partial charge on any atom is 0.252 e. The molecule has 0 saturated carbocycles. The molecule has 7 heteroatoms. The van der Waals surface area contributed by atoms with Gasteiger partial charge in [-0.3, -0.25) is 4.98 Å². The van der Waals surface area contributed by atoms with E-state index in [4.69, 9.17) is 0 Å². The van der Waals surface area contributed by atoms with E-state index in [9.17, 15) is 8.42 Å². The maximum atomic E-state index is 12.5. The van der Waals surface area contributed by atoms with Crippen LogP contribution in [0.4, 0.5) is 0 Å². The van der Waals surface area contributed by atoms with Crippen molar-refractivity contribution in [2.24, 2.45) is 0 Å². The molecule has 0 unspecified atom stereocenters. The van der Waals surface area contributed by atoms with E-state index < -0.39 is 10.0 Å². The lowest BCUT2D eigenvalue weighted by Gasteiger charge is -2.15. The summed E-state index contributed by atoms with van der Waals surface area (Å²) in [7, 11) is 0.0523. The molecular formula is C14H19N3O2S2. The van der Waals surface area contributed by atoms with E-state index in [1.807, 2.05) is 25.2 Å². The highest BCUT2D eigenvalue weighted by molar-refractivity contribution is 7.91. The van der Waals surface area contributed by atoms with E-state index in [1.54, 1.807) is 25.5 Å². The predicted molar refractivity (Wildman–Crippen MR) is 84.8 cm³/mol. The molecule has 0 aliphatic carbocycles. The number of hydrogen-bond donors (Lipinski definition) is 1. The van der Waals surface area contributed by atoms with Crippen molar-refractivity contribution in [3.63, 3.8) is 0 Å². The summed E-state index contributed by atoms with van der Waals surface area (Å²) in [6.45, 7) is 1.18. The van der Waals surface area contributed by atoms with Crippen LogP contribution in [0, 0.1) is 0 Å². The zero-order valence-electron chi connectivity index (χ0n) is 12.1. The zero-order chi connectivity index (χ0) is 15.3. The second-order valence-electron chi connectivity index (χ2n) is 4.69. The SMILES string of the molecule is CNCCc1ccc(S(=O)(=O)N(C)Cc2ccncc2)s1. The first-order chi connectivity index (χ1) is 10.0. The third kappa shape index (κ3) is 4.10. The van der Waals surface area contributed by atoms with Crippen LogP contribution in [0.25, 0.3) is 0 Å². The highest BCUT2D eigenvalue weighted by atomic mass is 32.2. The summed E-state index contributed by atoms with van der Waals surface area (Å²) >= 11 is 1.34. The molecule has 114 valence electrons. The van der Waals surface area contributed by atoms with Crippen LogP contribution in [0.5, 0.6) is 0 Å². The number of sulfonamides is 1. The molecule has 0 radical (unpaired) electrons. The molecule has 0 spiro atoms. The van der Waals surface area contributed by atoms with Gasteiger partial charge in [-0.05, 0) is 49.8 Å². The van der Waals surface area contributed by atoms with Crippen molar-refractivity contribution in [2.45, 2.75) is 17.2 Å². The van der Waals surface area contributed by atoms with E-state index in [2.05, 4.69) is 10.3 Å². The molecule has 0 aliphatic heterocycles. The highest BCUT2D eigenvalue weighted by Crippen LogP contribution is 2.25. The molecule has 0 amide bonds. The van der Waals surface area contributed by atoms with Gasteiger partial charge in [-0.15, -0.1) is 11.3 Å². The molecule has 5 nitrogen and oxygen atoms in total. The average Bonchev–Trinajstić information content (AvgIpc) is 2.95. The number of likely N-dealkylation sites (N-methyl/N-ethyl adjacent to an activating group) is 1. The smallest absolute Gasteiger partial charge is 0.252 e. The van der Waals surface area contributed by atoms with Crippen LogP contribution in [-0.4, -0.2) is 38.3 Å². The van der Waals surface area contributed by atoms with Gasteiger partial charge in [-0.2, -0.15) is 4.31 Å². The van der Waals surface area contributed by atoms with Crippen molar-refractivity contribution in [1.29, 1.82) is 0 Å². The maximum absolute atomic E-state index is 12.5. The van der Waals surface area contributed by atoms with Crippen molar-refractivity contribution in [3.8, 4) is 0 Å². The van der Waals surface area contributed by atoms with Crippen LogP contribution in [0.15, 0.2) is 40.9 Å². The van der Waals surface area contributed by atoms with Gasteiger partial charge in [0.15, 0.2) is 0 Å². The van der Waals surface area contributed by atoms with Crippen molar-refractivity contribution >= 4 is 21.4 Å². The Morgan fingerprint density at radius 1 is 1.24 bits per heavy atom. The Hall–Kier alpha value is -1.28. The standard InChI is InChI=1S/C14H19N3O2S2/c1-15-8-7-13-3-4-14(20-13)21(18,19)17(2)11-12-5-9-16-10-6-12/h3-6,9-10,15H,7-8,11H2,1-2H3. The number of thiophene rings is 1. The molecule has 0 atom stereocenters. The second-order valence-corrected chi connectivity index (χ2v) is 8.13. The fraction of sp³-hybridized carbons (Fsp3) is 0.357. The molecule has 0 fully saturated rings. The van der Waals surface area contributed by atoms with Gasteiger partial charge >= 0.3 is 0 Å². The number of nitrogens with zero attached hydrogens (tertiary/aromatic N) is 2. The Morgan fingerprint density at radius 3 is 2.62 bits per heavy atom. The molecule has 2 aromatic heterocycles. The minimum absolute atomic E-state index is 0.342. The van der Waals surface area contributed by atoms with Crippen LogP contribution >= 0.6 is 11.3 Å². The minimum atomic E-state index is -3.43. The van der Waals surface area contributed by atoms with Gasteiger partial charge in [0.1, 0.15) is 4.21 Å². The molecule has 2 aromatic rings. The van der Waals surface area contributed by atoms with Gasteiger partial charge in [0.25, 0.3) is 10.0 Å². The van der Waals surface area contributed by atoms with E-state index >= 15 is 0 Å². The van der Waals surface area contributed by atoms with Gasteiger partial charge in [-0.25, -0.2) is 8.42 Å². The van der Waals surface area contributed by atoms with Crippen molar-refractivity contribution < 1.29 is 8.42 Å². The minimum Gasteiger partial charge on any atom is -0.319 e. The molecule has 1 N–H and O–H groups in total. The van der Waals surface area contributed by atoms with Crippen LogP contribution in [0.2, 0.25) is 0 Å². The summed E-state index contributed by atoms with van der Waals surface area (Å²) in [5.74, 6) is 0. The molecule has 21 heavy (non-hydrogen) atoms.